The zero-order chi connectivity index (χ0) is 23.2. The SMILES string of the molecule is Oc1ccc(-n2c(C3CC3)nc3ccc(C(c4ccc(Cl)cc4)c4ccc(Cl)cc4)cc32)cc1. The fourth-order valence-electron chi connectivity index (χ4n) is 4.67. The Kier molecular flexibility index (Phi) is 5.32. The van der Waals surface area contributed by atoms with Crippen molar-refractivity contribution in [2.24, 2.45) is 0 Å². The number of halogens is 2. The van der Waals surface area contributed by atoms with Crippen LogP contribution in [0.3, 0.4) is 0 Å². The highest BCUT2D eigenvalue weighted by atomic mass is 35.5. The van der Waals surface area contributed by atoms with Crippen molar-refractivity contribution in [1.82, 2.24) is 9.55 Å². The van der Waals surface area contributed by atoms with Crippen LogP contribution in [0.15, 0.2) is 91.0 Å². The second-order valence-electron chi connectivity index (χ2n) is 8.88. The standard InChI is InChI=1S/C29H22Cl2N2O/c30-22-8-3-18(4-9-22)28(19-5-10-23(31)11-6-19)21-7-16-26-27(17-21)33(29(32-26)20-1-2-20)24-12-14-25(34)15-13-24/h3-17,20,28,34H,1-2H2. The molecule has 1 aliphatic carbocycles. The van der Waals surface area contributed by atoms with Crippen molar-refractivity contribution in [3.05, 3.63) is 124 Å². The molecule has 0 saturated heterocycles. The van der Waals surface area contributed by atoms with Crippen LogP contribution in [0.1, 0.15) is 47.2 Å². The lowest BCUT2D eigenvalue weighted by molar-refractivity contribution is 0.475. The summed E-state index contributed by atoms with van der Waals surface area (Å²) in [6, 6.07) is 30.0. The van der Waals surface area contributed by atoms with Crippen LogP contribution in [0, 0.1) is 0 Å². The summed E-state index contributed by atoms with van der Waals surface area (Å²) < 4.78 is 2.25. The van der Waals surface area contributed by atoms with E-state index in [1.807, 2.05) is 36.4 Å². The summed E-state index contributed by atoms with van der Waals surface area (Å²) in [7, 11) is 0. The third-order valence-electron chi connectivity index (χ3n) is 6.49. The quantitative estimate of drug-likeness (QED) is 0.256. The fraction of sp³-hybridized carbons (Fsp3) is 0.138. The number of fused-ring (bicyclic) bond motifs is 1. The minimum atomic E-state index is 0.0199. The molecule has 1 aliphatic rings. The molecular formula is C29H22Cl2N2O. The summed E-state index contributed by atoms with van der Waals surface area (Å²) in [5.41, 5.74) is 6.53. The van der Waals surface area contributed by atoms with E-state index in [-0.39, 0.29) is 11.7 Å². The molecule has 0 radical (unpaired) electrons. The molecule has 1 saturated carbocycles. The van der Waals surface area contributed by atoms with Crippen LogP contribution >= 0.6 is 23.2 Å². The molecule has 1 heterocycles. The van der Waals surface area contributed by atoms with E-state index >= 15 is 0 Å². The van der Waals surface area contributed by atoms with E-state index in [9.17, 15) is 5.11 Å². The summed E-state index contributed by atoms with van der Waals surface area (Å²) in [5.74, 6) is 1.85. The van der Waals surface area contributed by atoms with Crippen molar-refractivity contribution >= 4 is 34.2 Å². The second-order valence-corrected chi connectivity index (χ2v) is 9.75. The van der Waals surface area contributed by atoms with Gasteiger partial charge in [-0.25, -0.2) is 4.98 Å². The highest BCUT2D eigenvalue weighted by Gasteiger charge is 2.30. The number of imidazole rings is 1. The smallest absolute Gasteiger partial charge is 0.117 e. The average Bonchev–Trinajstić information content (AvgIpc) is 3.63. The molecule has 4 aromatic carbocycles. The highest BCUT2D eigenvalue weighted by molar-refractivity contribution is 6.30. The highest BCUT2D eigenvalue weighted by Crippen LogP contribution is 2.43. The van der Waals surface area contributed by atoms with Crippen molar-refractivity contribution in [1.29, 1.82) is 0 Å². The Balaban J connectivity index is 1.55. The number of hydrogen-bond donors (Lipinski definition) is 1. The van der Waals surface area contributed by atoms with Gasteiger partial charge >= 0.3 is 0 Å². The first kappa shape index (κ1) is 21.3. The molecule has 0 amide bonds. The van der Waals surface area contributed by atoms with Crippen LogP contribution in [-0.2, 0) is 0 Å². The molecule has 0 aliphatic heterocycles. The lowest BCUT2D eigenvalue weighted by Crippen LogP contribution is -2.04. The van der Waals surface area contributed by atoms with E-state index in [0.29, 0.717) is 16.0 Å². The Morgan fingerprint density at radius 2 is 1.29 bits per heavy atom. The lowest BCUT2D eigenvalue weighted by Gasteiger charge is -2.20. The van der Waals surface area contributed by atoms with Crippen LogP contribution in [0.25, 0.3) is 16.7 Å². The van der Waals surface area contributed by atoms with Gasteiger partial charge in [0.1, 0.15) is 11.6 Å². The predicted octanol–water partition coefficient (Wildman–Crippen LogP) is 8.10. The van der Waals surface area contributed by atoms with Gasteiger partial charge < -0.3 is 5.11 Å². The first-order chi connectivity index (χ1) is 16.6. The van der Waals surface area contributed by atoms with Crippen molar-refractivity contribution in [2.75, 3.05) is 0 Å². The van der Waals surface area contributed by atoms with Crippen LogP contribution in [0.4, 0.5) is 0 Å². The van der Waals surface area contributed by atoms with Crippen LogP contribution in [0.5, 0.6) is 5.75 Å². The largest absolute Gasteiger partial charge is 0.508 e. The number of aromatic nitrogens is 2. The van der Waals surface area contributed by atoms with Crippen LogP contribution in [-0.4, -0.2) is 14.7 Å². The molecule has 5 aromatic rings. The van der Waals surface area contributed by atoms with Gasteiger partial charge in [0.15, 0.2) is 0 Å². The third-order valence-corrected chi connectivity index (χ3v) is 7.00. The van der Waals surface area contributed by atoms with Gasteiger partial charge in [0.25, 0.3) is 0 Å². The fourth-order valence-corrected chi connectivity index (χ4v) is 4.92. The number of aromatic hydroxyl groups is 1. The molecule has 0 unspecified atom stereocenters. The van der Waals surface area contributed by atoms with Gasteiger partial charge in [-0.1, -0.05) is 53.5 Å². The van der Waals surface area contributed by atoms with E-state index < -0.39 is 0 Å². The van der Waals surface area contributed by atoms with Gasteiger partial charge in [-0.3, -0.25) is 4.57 Å². The molecule has 34 heavy (non-hydrogen) atoms. The van der Waals surface area contributed by atoms with Gasteiger partial charge in [-0.2, -0.15) is 0 Å². The molecule has 6 rings (SSSR count). The maximum absolute atomic E-state index is 9.82. The predicted molar refractivity (Wildman–Crippen MR) is 139 cm³/mol. The first-order valence-corrected chi connectivity index (χ1v) is 12.1. The number of nitrogens with zero attached hydrogens (tertiary/aromatic N) is 2. The van der Waals surface area contributed by atoms with E-state index in [0.717, 1.165) is 46.5 Å². The minimum absolute atomic E-state index is 0.0199. The van der Waals surface area contributed by atoms with Gasteiger partial charge in [0.2, 0.25) is 0 Å². The number of hydrogen-bond acceptors (Lipinski definition) is 2. The number of rotatable bonds is 5. The maximum atomic E-state index is 9.82. The van der Waals surface area contributed by atoms with Crippen LogP contribution < -0.4 is 0 Å². The topological polar surface area (TPSA) is 38.0 Å². The lowest BCUT2D eigenvalue weighted by atomic mass is 9.85. The normalized spacial score (nSPS) is 13.6. The molecule has 3 nitrogen and oxygen atoms in total. The van der Waals surface area contributed by atoms with Crippen molar-refractivity contribution in [2.45, 2.75) is 24.7 Å². The monoisotopic (exact) mass is 484 g/mol. The van der Waals surface area contributed by atoms with E-state index in [4.69, 9.17) is 28.2 Å². The van der Waals surface area contributed by atoms with Gasteiger partial charge in [-0.15, -0.1) is 0 Å². The van der Waals surface area contributed by atoms with Gasteiger partial charge in [-0.05, 0) is 90.2 Å². The molecule has 5 heteroatoms. The molecule has 0 atom stereocenters. The summed E-state index contributed by atoms with van der Waals surface area (Å²) in [6.45, 7) is 0. The molecule has 0 bridgehead atoms. The van der Waals surface area contributed by atoms with Crippen LogP contribution in [0.2, 0.25) is 10.0 Å². The molecular weight excluding hydrogens is 463 g/mol. The number of phenols is 1. The Morgan fingerprint density at radius 1 is 0.735 bits per heavy atom. The summed E-state index contributed by atoms with van der Waals surface area (Å²) in [6.07, 6.45) is 2.32. The number of phenolic OH excluding ortho intramolecular Hbond substituents is 1. The van der Waals surface area contributed by atoms with Gasteiger partial charge in [0, 0.05) is 27.6 Å². The van der Waals surface area contributed by atoms with E-state index in [2.05, 4.69) is 47.0 Å². The maximum Gasteiger partial charge on any atom is 0.117 e. The molecule has 1 aromatic heterocycles. The summed E-state index contributed by atoms with van der Waals surface area (Å²) >= 11 is 12.4. The van der Waals surface area contributed by atoms with E-state index in [1.165, 1.54) is 5.56 Å². The average molecular weight is 485 g/mol. The Bertz CT molecular complexity index is 1420. The first-order valence-electron chi connectivity index (χ1n) is 11.4. The number of benzene rings is 4. The zero-order valence-corrected chi connectivity index (χ0v) is 19.8. The Labute approximate surface area is 208 Å². The summed E-state index contributed by atoms with van der Waals surface area (Å²) in [4.78, 5) is 5.01. The van der Waals surface area contributed by atoms with Gasteiger partial charge in [0.05, 0.1) is 11.0 Å². The molecule has 1 fully saturated rings. The van der Waals surface area contributed by atoms with Crippen molar-refractivity contribution in [3.8, 4) is 11.4 Å². The van der Waals surface area contributed by atoms with Crippen molar-refractivity contribution < 1.29 is 5.11 Å². The van der Waals surface area contributed by atoms with Crippen molar-refractivity contribution in [3.63, 3.8) is 0 Å². The Hall–Kier alpha value is -3.27. The minimum Gasteiger partial charge on any atom is -0.508 e. The third kappa shape index (κ3) is 3.96. The molecule has 1 N–H and O–H groups in total. The Morgan fingerprint density at radius 3 is 1.85 bits per heavy atom. The molecule has 0 spiro atoms. The zero-order valence-electron chi connectivity index (χ0n) is 18.3. The summed E-state index contributed by atoms with van der Waals surface area (Å²) in [5, 5.41) is 11.3. The molecule has 168 valence electrons. The van der Waals surface area contributed by atoms with E-state index in [1.54, 1.807) is 12.1 Å². The second kappa shape index (κ2) is 8.50.